The largest absolute Gasteiger partial charge is 0.365 e. The number of halogens is 7. The predicted octanol–water partition coefficient (Wildman–Crippen LogP) is 25.1. The number of nitrogens with two attached hydrogens (primary N) is 5. The average Bonchev–Trinajstić information content (AvgIpc) is 1.61. The summed E-state index contributed by atoms with van der Waals surface area (Å²) in [6, 6.07) is 35.8. The van der Waals surface area contributed by atoms with Gasteiger partial charge in [-0.2, -0.15) is 0 Å². The lowest BCUT2D eigenvalue weighted by Gasteiger charge is -2.31. The van der Waals surface area contributed by atoms with Gasteiger partial charge in [0.05, 0.1) is 27.8 Å². The summed E-state index contributed by atoms with van der Waals surface area (Å²) in [7, 11) is 10.6. The third kappa shape index (κ3) is 25.5. The molecule has 20 N–H and O–H groups in total. The molecule has 30 nitrogen and oxygen atoms in total. The van der Waals surface area contributed by atoms with Gasteiger partial charge in [-0.1, -0.05) is 117 Å². The summed E-state index contributed by atoms with van der Waals surface area (Å²) in [6.07, 6.45) is 15.0. The first-order chi connectivity index (χ1) is 62.2. The van der Waals surface area contributed by atoms with E-state index in [1.54, 1.807) is 121 Å². The van der Waals surface area contributed by atoms with Gasteiger partial charge in [0.1, 0.15) is 25.0 Å². The van der Waals surface area contributed by atoms with Crippen LogP contribution in [-0.2, 0) is 32.1 Å². The van der Waals surface area contributed by atoms with Crippen molar-refractivity contribution in [2.24, 2.45) is 28.7 Å². The molecule has 760 valence electrons. The molecule has 10 aliphatic rings. The maximum absolute atomic E-state index is 12.4. The smallest absolute Gasteiger partial charge is 0.324 e. The number of nitrogens with one attached hydrogen (secondary N) is 10. The molecule has 5 fully saturated rings. The highest BCUT2D eigenvalue weighted by molar-refractivity contribution is 7.18. The first kappa shape index (κ1) is 119. The van der Waals surface area contributed by atoms with Crippen molar-refractivity contribution in [3.8, 4) is 0 Å². The Labute approximate surface area is 877 Å². The van der Waals surface area contributed by atoms with Crippen molar-refractivity contribution in [2.45, 2.75) is 216 Å². The lowest BCUT2D eigenvalue weighted by atomic mass is 9.97. The fourth-order valence-corrected chi connectivity index (χ4v) is 27.3. The Morgan fingerprint density at radius 1 is 0.243 bits per heavy atom. The highest BCUT2D eigenvalue weighted by Gasteiger charge is 2.48. The Hall–Kier alpha value is -9.87. The van der Waals surface area contributed by atoms with Crippen LogP contribution in [0.3, 0.4) is 0 Å². The first-order valence-corrected chi connectivity index (χ1v) is 48.2. The molecule has 10 unspecified atom stereocenters. The van der Waals surface area contributed by atoms with Gasteiger partial charge in [0.15, 0.2) is 0 Å². The highest BCUT2D eigenvalue weighted by atomic mass is 35.5. The second-order valence-corrected chi connectivity index (χ2v) is 41.0. The van der Waals surface area contributed by atoms with Crippen molar-refractivity contribution in [2.75, 3.05) is 88.4 Å². The molecule has 15 amide bonds. The summed E-state index contributed by atoms with van der Waals surface area (Å²) in [6.45, 7) is 0. The molecule has 0 saturated carbocycles. The van der Waals surface area contributed by atoms with E-state index in [-0.39, 0.29) is 84.2 Å². The van der Waals surface area contributed by atoms with Gasteiger partial charge >= 0.3 is 30.2 Å². The molecule has 5 aromatic heterocycles. The monoisotopic (exact) mass is 2150 g/mol. The number of urea groups is 5. The van der Waals surface area contributed by atoms with Gasteiger partial charge in [0.25, 0.3) is 29.5 Å². The molecular weight excluding hydrogens is 2030 g/mol. The summed E-state index contributed by atoms with van der Waals surface area (Å²) in [5, 5.41) is 33.3. The standard InChI is InChI=1S/5C18H19ClN4O2S.8CH4.2ClH/c5*1-23-11-6-7-13(23)15-12(8-11)14(16(20)24)17(26-15)22-18(25)21-10-4-2-9(19)3-5-10;;;;;;;;;;/h5*2-5,11,13H,6-8H2,1H3,(H2,20,24)(H2,21,22,25);8*1H4;2*1H. The number of hydrogen-bond acceptors (Lipinski definition) is 20. The minimum absolute atomic E-state index is 0. The zero-order chi connectivity index (χ0) is 92.1. The van der Waals surface area contributed by atoms with E-state index in [9.17, 15) is 47.9 Å². The van der Waals surface area contributed by atoms with Crippen molar-refractivity contribution >= 4 is 253 Å². The molecule has 5 aromatic carbocycles. The van der Waals surface area contributed by atoms with Gasteiger partial charge in [0, 0.05) is 138 Å². The maximum Gasteiger partial charge on any atom is 0.324 e. The molecule has 0 aliphatic carbocycles. The van der Waals surface area contributed by atoms with Crippen molar-refractivity contribution in [3.63, 3.8) is 0 Å². The lowest BCUT2D eigenvalue weighted by Crippen LogP contribution is -2.34. The van der Waals surface area contributed by atoms with Gasteiger partial charge in [0.2, 0.25) is 0 Å². The fraction of sp³-hybridized carbons (Fsp3) is 0.388. The minimum Gasteiger partial charge on any atom is -0.365 e. The minimum atomic E-state index is -0.492. The second kappa shape index (κ2) is 50.4. The number of primary amides is 5. The van der Waals surface area contributed by atoms with Gasteiger partial charge in [-0.15, -0.1) is 81.5 Å². The summed E-state index contributed by atoms with van der Waals surface area (Å²) in [5.74, 6) is -2.46. The molecule has 10 aromatic rings. The summed E-state index contributed by atoms with van der Waals surface area (Å²) < 4.78 is 0. The number of nitrogens with zero attached hydrogens (tertiary/aromatic N) is 5. The van der Waals surface area contributed by atoms with E-state index in [4.69, 9.17) is 86.7 Å². The average molecular weight is 2160 g/mol. The third-order valence-electron chi connectivity index (χ3n) is 26.0. The molecule has 42 heteroatoms. The molecule has 10 bridgehead atoms. The topological polar surface area (TPSA) is 437 Å². The summed E-state index contributed by atoms with van der Waals surface area (Å²) >= 11 is 36.6. The number of carbonyl (C=O) groups excluding carboxylic acids is 10. The van der Waals surface area contributed by atoms with Crippen LogP contribution in [-0.4, -0.2) is 150 Å². The molecule has 10 atom stereocenters. The van der Waals surface area contributed by atoms with Crippen molar-refractivity contribution < 1.29 is 47.9 Å². The van der Waals surface area contributed by atoms with Crippen LogP contribution in [0.4, 0.5) is 77.4 Å². The van der Waals surface area contributed by atoms with E-state index in [0.717, 1.165) is 149 Å². The van der Waals surface area contributed by atoms with Gasteiger partial charge in [-0.3, -0.25) is 75.1 Å². The van der Waals surface area contributed by atoms with E-state index >= 15 is 0 Å². The Balaban J connectivity index is 0.000000263. The van der Waals surface area contributed by atoms with E-state index in [2.05, 4.69) is 113 Å². The second-order valence-electron chi connectivity index (χ2n) is 33.6. The lowest BCUT2D eigenvalue weighted by molar-refractivity contribution is 0.0990. The molecule has 5 saturated heterocycles. The molecule has 0 radical (unpaired) electrons. The van der Waals surface area contributed by atoms with Crippen LogP contribution in [0.15, 0.2) is 121 Å². The Morgan fingerprint density at radius 3 is 0.507 bits per heavy atom. The van der Waals surface area contributed by atoms with Crippen molar-refractivity contribution in [1.29, 1.82) is 0 Å². The number of benzene rings is 5. The van der Waals surface area contributed by atoms with Gasteiger partial charge < -0.3 is 55.3 Å². The van der Waals surface area contributed by atoms with Gasteiger partial charge in [-0.05, 0) is 281 Å². The molecule has 0 spiro atoms. The van der Waals surface area contributed by atoms with Crippen LogP contribution in [0, 0.1) is 0 Å². The number of rotatable bonds is 15. The van der Waals surface area contributed by atoms with E-state index < -0.39 is 59.7 Å². The number of amides is 15. The highest BCUT2D eigenvalue weighted by Crippen LogP contribution is 2.55. The van der Waals surface area contributed by atoms with E-state index in [0.29, 0.717) is 167 Å². The quantitative estimate of drug-likeness (QED) is 0.0453. The Bertz CT molecular complexity index is 5260. The maximum atomic E-state index is 12.4. The van der Waals surface area contributed by atoms with Crippen LogP contribution in [0.2, 0.25) is 25.1 Å². The number of thiophene rings is 5. The van der Waals surface area contributed by atoms with Gasteiger partial charge in [-0.25, -0.2) is 24.0 Å². The van der Waals surface area contributed by atoms with Crippen LogP contribution >= 0.6 is 140 Å². The van der Waals surface area contributed by atoms with Crippen molar-refractivity contribution in [3.05, 3.63) is 226 Å². The number of carbonyl (C=O) groups is 10. The number of hydrogen-bond donors (Lipinski definition) is 15. The molecular formula is C98H129Cl7N20O10S5. The zero-order valence-electron chi connectivity index (χ0n) is 71.9. The third-order valence-corrected chi connectivity index (χ3v) is 33.5. The van der Waals surface area contributed by atoms with Crippen LogP contribution in [0.1, 0.15) is 258 Å². The van der Waals surface area contributed by atoms with Crippen LogP contribution in [0.25, 0.3) is 0 Å². The van der Waals surface area contributed by atoms with E-state index in [1.165, 1.54) is 56.7 Å². The zero-order valence-corrected chi connectivity index (χ0v) is 81.4. The normalized spacial score (nSPS) is 19.8. The molecule has 140 heavy (non-hydrogen) atoms. The number of fused-ring (bicyclic) bond motifs is 20. The van der Waals surface area contributed by atoms with Crippen molar-refractivity contribution in [1.82, 2.24) is 24.5 Å². The Morgan fingerprint density at radius 2 is 0.379 bits per heavy atom. The summed E-state index contributed by atoms with van der Waals surface area (Å²) in [4.78, 5) is 140. The van der Waals surface area contributed by atoms with E-state index in [1.807, 2.05) is 0 Å². The Kier molecular flexibility index (Phi) is 42.8. The van der Waals surface area contributed by atoms with Crippen LogP contribution in [0.5, 0.6) is 0 Å². The number of anilines is 10. The SMILES string of the molecule is C.C.C.C.C.C.C.C.CN1C2CCC1c1sc(NC(=O)Nc3ccc(Cl)cc3)c(C(N)=O)c1C2.CN1C2CCC1c1sc(NC(=O)Nc3ccc(Cl)cc3)c(C(N)=O)c1C2.CN1C2CCC1c1sc(NC(=O)Nc3ccc(Cl)cc3)c(C(N)=O)c1C2.CN1C2CCC1c1sc(NC(=O)Nc3ccc(Cl)cc3)c(C(N)=O)c1C2.CN1C2CCC1c1sc(NC(=O)Nc3ccc(Cl)cc3)c(C(N)=O)c1C2.Cl.Cl. The molecule has 10 aliphatic heterocycles. The summed E-state index contributed by atoms with van der Waals surface area (Å²) in [5.41, 5.74) is 38.6. The fourth-order valence-electron chi connectivity index (χ4n) is 19.6. The molecule has 20 rings (SSSR count). The first-order valence-electron chi connectivity index (χ1n) is 42.2. The molecule has 15 heterocycles. The predicted molar refractivity (Wildman–Crippen MR) is 589 cm³/mol. The van der Waals surface area contributed by atoms with Crippen LogP contribution < -0.4 is 81.8 Å². The number of likely N-dealkylation sites (N-methyl/N-ethyl adjacent to an activating group) is 5.